The predicted octanol–water partition coefficient (Wildman–Crippen LogP) is 1.62. The highest BCUT2D eigenvalue weighted by Crippen LogP contribution is 2.48. The Morgan fingerprint density at radius 3 is 2.20 bits per heavy atom. The number of rotatable bonds is 9. The summed E-state index contributed by atoms with van der Waals surface area (Å²) in [5, 5.41) is 34.2. The Hall–Kier alpha value is -4.63. The monoisotopic (exact) mass is 595 g/mol. The van der Waals surface area contributed by atoms with Crippen LogP contribution in [0.1, 0.15) is 81.4 Å². The van der Waals surface area contributed by atoms with Gasteiger partial charge in [0.1, 0.15) is 6.04 Å². The van der Waals surface area contributed by atoms with E-state index >= 15 is 0 Å². The second kappa shape index (κ2) is 11.8. The maximum atomic E-state index is 13.4. The minimum Gasteiger partial charge on any atom is -0.355 e. The van der Waals surface area contributed by atoms with Gasteiger partial charge in [-0.2, -0.15) is 10.5 Å². The lowest BCUT2D eigenvalue weighted by atomic mass is 9.67. The van der Waals surface area contributed by atoms with Gasteiger partial charge in [-0.15, -0.1) is 10.2 Å². The van der Waals surface area contributed by atoms with Crippen molar-refractivity contribution >= 4 is 17.7 Å². The predicted molar refractivity (Wildman–Crippen MR) is 161 cm³/mol. The molecule has 1 aromatic heterocycles. The van der Waals surface area contributed by atoms with E-state index in [1.54, 1.807) is 19.0 Å². The molecule has 3 aliphatic rings. The number of hydrogen-bond acceptors (Lipinski definition) is 8. The third-order valence-electron chi connectivity index (χ3n) is 9.63. The minimum atomic E-state index is -0.905. The summed E-state index contributed by atoms with van der Waals surface area (Å²) in [6.45, 7) is 2.19. The number of carbonyl (C=O) groups is 3. The Kier molecular flexibility index (Phi) is 7.90. The average molecular weight is 596 g/mol. The van der Waals surface area contributed by atoms with Crippen LogP contribution in [-0.4, -0.2) is 82.0 Å². The number of tetrazole rings is 1. The van der Waals surface area contributed by atoms with E-state index in [2.05, 4.69) is 49.6 Å². The van der Waals surface area contributed by atoms with Crippen LogP contribution >= 0.6 is 0 Å². The van der Waals surface area contributed by atoms with Gasteiger partial charge >= 0.3 is 0 Å². The summed E-state index contributed by atoms with van der Waals surface area (Å²) in [6, 6.07) is 13.4. The van der Waals surface area contributed by atoms with Crippen LogP contribution in [0.2, 0.25) is 0 Å². The molecule has 1 aliphatic heterocycles. The number of likely N-dealkylation sites (tertiary alicyclic amines) is 1. The van der Waals surface area contributed by atoms with Crippen LogP contribution in [-0.2, 0) is 23.1 Å². The number of fused-ring (bicyclic) bond motifs is 3. The van der Waals surface area contributed by atoms with Crippen molar-refractivity contribution < 1.29 is 14.4 Å². The Labute approximate surface area is 256 Å². The van der Waals surface area contributed by atoms with Crippen molar-refractivity contribution in [1.29, 1.82) is 5.26 Å². The molecule has 2 aromatic carbocycles. The summed E-state index contributed by atoms with van der Waals surface area (Å²) in [6.07, 6.45) is 4.21. The second-order valence-corrected chi connectivity index (χ2v) is 12.0. The Morgan fingerprint density at radius 1 is 1.05 bits per heavy atom. The first-order chi connectivity index (χ1) is 21.3. The van der Waals surface area contributed by atoms with Crippen molar-refractivity contribution in [3.63, 3.8) is 0 Å². The second-order valence-electron chi connectivity index (χ2n) is 12.0. The molecule has 12 nitrogen and oxygen atoms in total. The number of hydrogen-bond donors (Lipinski definition) is 4. The average Bonchev–Trinajstić information content (AvgIpc) is 3.44. The van der Waals surface area contributed by atoms with Crippen LogP contribution in [0.4, 0.5) is 0 Å². The number of aromatic amines is 1. The van der Waals surface area contributed by atoms with Crippen molar-refractivity contribution in [1.82, 2.24) is 41.5 Å². The number of nitrogens with zero attached hydrogens (tertiary/aromatic N) is 5. The van der Waals surface area contributed by atoms with Crippen LogP contribution in [0.3, 0.4) is 0 Å². The molecular weight excluding hydrogens is 558 g/mol. The molecule has 4 N–H and O–H groups in total. The molecule has 1 unspecified atom stereocenters. The highest BCUT2D eigenvalue weighted by atomic mass is 16.2. The van der Waals surface area contributed by atoms with E-state index in [0.29, 0.717) is 48.6 Å². The van der Waals surface area contributed by atoms with Crippen LogP contribution in [0.5, 0.6) is 0 Å². The molecule has 2 fully saturated rings. The summed E-state index contributed by atoms with van der Waals surface area (Å²) in [5.74, 6) is 0.511. The van der Waals surface area contributed by atoms with Crippen LogP contribution in [0, 0.1) is 17.2 Å². The largest absolute Gasteiger partial charge is 0.355 e. The number of amides is 3. The van der Waals surface area contributed by atoms with Gasteiger partial charge < -0.3 is 20.9 Å². The molecule has 228 valence electrons. The number of nitrogens with one attached hydrogen (secondary N) is 4. The maximum Gasteiger partial charge on any atom is 0.251 e. The summed E-state index contributed by atoms with van der Waals surface area (Å²) in [4.78, 5) is 40.4. The van der Waals surface area contributed by atoms with E-state index in [1.807, 2.05) is 36.4 Å². The molecule has 1 saturated carbocycles. The van der Waals surface area contributed by atoms with Gasteiger partial charge in [0.05, 0.1) is 18.0 Å². The van der Waals surface area contributed by atoms with Crippen molar-refractivity contribution in [3.8, 4) is 6.07 Å². The number of nitriles is 1. The van der Waals surface area contributed by atoms with Crippen LogP contribution < -0.4 is 16.0 Å². The first kappa shape index (κ1) is 29.4. The SMILES string of the molecule is CC[C@H](CC1(c2nn[nH]n2)c2ccc(C(=O)NC)cc2CCc2cc(C(=O)NC)ccc21)NCC(=O)N1C(C#N)C[C@@H]2C[C@@H]21. The summed E-state index contributed by atoms with van der Waals surface area (Å²) in [7, 11) is 3.22. The standard InChI is InChI=1S/C32H37N9O3/c1-4-23(36-17-28(42)41-24(16-33)13-22-14-27(22)41)15-32(31-37-39-40-38-31)25-9-7-20(29(43)34-2)11-18(25)5-6-19-12-21(30(44)35-3)8-10-26(19)32/h7-12,22-24,27,36H,4-6,13-15,17H2,1-3H3,(H,34,43)(H,35,44)(H,37,38,39,40)/t22-,23-,24?,27+/m1/s1. The molecule has 44 heavy (non-hydrogen) atoms. The minimum absolute atomic E-state index is 0.0549. The smallest absolute Gasteiger partial charge is 0.251 e. The Balaban J connectivity index is 1.43. The Bertz CT molecular complexity index is 1560. The summed E-state index contributed by atoms with van der Waals surface area (Å²) in [5.41, 5.74) is 4.07. The van der Waals surface area contributed by atoms with E-state index < -0.39 is 5.41 Å². The number of H-pyrrole nitrogens is 1. The molecule has 3 aromatic rings. The molecule has 6 rings (SSSR count). The first-order valence-corrected chi connectivity index (χ1v) is 15.2. The van der Waals surface area contributed by atoms with E-state index in [-0.39, 0.29) is 42.4 Å². The molecule has 0 spiro atoms. The number of piperidine rings is 1. The van der Waals surface area contributed by atoms with Gasteiger partial charge in [-0.05, 0) is 91.0 Å². The molecule has 3 amide bonds. The lowest BCUT2D eigenvalue weighted by Gasteiger charge is -2.37. The van der Waals surface area contributed by atoms with Crippen LogP contribution in [0.15, 0.2) is 36.4 Å². The molecule has 2 heterocycles. The van der Waals surface area contributed by atoms with Gasteiger partial charge in [0, 0.05) is 37.3 Å². The normalized spacial score (nSPS) is 21.6. The lowest BCUT2D eigenvalue weighted by Crippen LogP contribution is -2.47. The highest BCUT2D eigenvalue weighted by molar-refractivity contribution is 5.95. The molecule has 0 bridgehead atoms. The van der Waals surface area contributed by atoms with Gasteiger partial charge in [-0.25, -0.2) is 0 Å². The van der Waals surface area contributed by atoms with Gasteiger partial charge in [0.2, 0.25) is 5.91 Å². The first-order valence-electron chi connectivity index (χ1n) is 15.2. The zero-order valence-electron chi connectivity index (χ0n) is 25.2. The Morgan fingerprint density at radius 2 is 1.68 bits per heavy atom. The lowest BCUT2D eigenvalue weighted by molar-refractivity contribution is -0.131. The number of benzene rings is 2. The molecule has 4 atom stereocenters. The van der Waals surface area contributed by atoms with E-state index in [9.17, 15) is 19.6 Å². The van der Waals surface area contributed by atoms with Gasteiger partial charge in [0.15, 0.2) is 5.82 Å². The van der Waals surface area contributed by atoms with Crippen LogP contribution in [0.25, 0.3) is 0 Å². The third-order valence-corrected chi connectivity index (χ3v) is 9.63. The molecule has 1 saturated heterocycles. The fourth-order valence-electron chi connectivity index (χ4n) is 7.30. The van der Waals surface area contributed by atoms with Gasteiger partial charge in [0.25, 0.3) is 11.8 Å². The van der Waals surface area contributed by atoms with Gasteiger partial charge in [-0.1, -0.05) is 24.3 Å². The quantitative estimate of drug-likeness (QED) is 0.289. The fourth-order valence-corrected chi connectivity index (χ4v) is 7.30. The molecule has 12 heteroatoms. The number of carbonyl (C=O) groups excluding carboxylic acids is 3. The van der Waals surface area contributed by atoms with E-state index in [0.717, 1.165) is 35.1 Å². The molecular formula is C32H37N9O3. The molecule has 2 aliphatic carbocycles. The molecule has 0 radical (unpaired) electrons. The van der Waals surface area contributed by atoms with Crippen molar-refractivity contribution in [2.24, 2.45) is 5.92 Å². The highest BCUT2D eigenvalue weighted by Gasteiger charge is 2.54. The van der Waals surface area contributed by atoms with Gasteiger partial charge in [-0.3, -0.25) is 14.4 Å². The third kappa shape index (κ3) is 5.01. The topological polar surface area (TPSA) is 169 Å². The van der Waals surface area contributed by atoms with Crippen molar-refractivity contribution in [2.75, 3.05) is 20.6 Å². The van der Waals surface area contributed by atoms with Crippen molar-refractivity contribution in [2.45, 2.75) is 69.0 Å². The van der Waals surface area contributed by atoms with Crippen molar-refractivity contribution in [3.05, 3.63) is 75.6 Å². The summed E-state index contributed by atoms with van der Waals surface area (Å²) >= 11 is 0. The van der Waals surface area contributed by atoms with E-state index in [1.165, 1.54) is 0 Å². The summed E-state index contributed by atoms with van der Waals surface area (Å²) < 4.78 is 0. The van der Waals surface area contributed by atoms with E-state index in [4.69, 9.17) is 0 Å². The maximum absolute atomic E-state index is 13.4. The number of aryl methyl sites for hydroxylation is 2. The zero-order chi connectivity index (χ0) is 31.0. The number of aromatic nitrogens is 4. The fraction of sp³-hybridized carbons (Fsp3) is 0.469. The zero-order valence-corrected chi connectivity index (χ0v) is 25.2.